The molecule has 94 valence electrons. The molecule has 0 saturated heterocycles. The second-order valence-corrected chi connectivity index (χ2v) is 3.58. The number of ether oxygens (including phenoxy) is 1. The van der Waals surface area contributed by atoms with E-state index in [9.17, 15) is 18.0 Å². The van der Waals surface area contributed by atoms with Gasteiger partial charge in [0.1, 0.15) is 6.61 Å². The summed E-state index contributed by atoms with van der Waals surface area (Å²) in [7, 11) is 0. The van der Waals surface area contributed by atoms with Gasteiger partial charge in [-0.05, 0) is 6.92 Å². The van der Waals surface area contributed by atoms with Gasteiger partial charge in [-0.25, -0.2) is 0 Å². The highest BCUT2D eigenvalue weighted by Gasteiger charge is 2.27. The number of alkyl halides is 3. The molecule has 8 heteroatoms. The SMILES string of the molecule is CC(NC(=O)CCOCC(F)(F)F)C(N)=S. The monoisotopic (exact) mass is 258 g/mol. The van der Waals surface area contributed by atoms with Crippen LogP contribution >= 0.6 is 12.2 Å². The van der Waals surface area contributed by atoms with Crippen LogP contribution in [-0.4, -0.2) is 36.3 Å². The number of carbonyl (C=O) groups is 1. The molecule has 0 fully saturated rings. The van der Waals surface area contributed by atoms with Crippen LogP contribution in [0.1, 0.15) is 13.3 Å². The van der Waals surface area contributed by atoms with Gasteiger partial charge in [0.15, 0.2) is 0 Å². The Hall–Kier alpha value is -0.890. The second-order valence-electron chi connectivity index (χ2n) is 3.11. The van der Waals surface area contributed by atoms with Gasteiger partial charge < -0.3 is 15.8 Å². The first-order valence-electron chi connectivity index (χ1n) is 4.45. The zero-order chi connectivity index (χ0) is 12.8. The lowest BCUT2D eigenvalue weighted by Gasteiger charge is -2.12. The molecular weight excluding hydrogens is 245 g/mol. The second kappa shape index (κ2) is 6.64. The first kappa shape index (κ1) is 15.1. The Balaban J connectivity index is 3.63. The third kappa shape index (κ3) is 8.42. The summed E-state index contributed by atoms with van der Waals surface area (Å²) in [6.45, 7) is -0.0721. The van der Waals surface area contributed by atoms with Crippen molar-refractivity contribution in [1.29, 1.82) is 0 Å². The lowest BCUT2D eigenvalue weighted by atomic mass is 10.3. The maximum absolute atomic E-state index is 11.6. The van der Waals surface area contributed by atoms with Crippen molar-refractivity contribution in [3.05, 3.63) is 0 Å². The quantitative estimate of drug-likeness (QED) is 0.545. The fourth-order valence-electron chi connectivity index (χ4n) is 0.738. The summed E-state index contributed by atoms with van der Waals surface area (Å²) in [5.74, 6) is -0.456. The largest absolute Gasteiger partial charge is 0.411 e. The number of thiocarbonyl (C=S) groups is 1. The lowest BCUT2D eigenvalue weighted by molar-refractivity contribution is -0.174. The first-order chi connectivity index (χ1) is 7.22. The van der Waals surface area contributed by atoms with Crippen molar-refractivity contribution in [3.63, 3.8) is 0 Å². The Morgan fingerprint density at radius 1 is 1.56 bits per heavy atom. The van der Waals surface area contributed by atoms with Crippen molar-refractivity contribution >= 4 is 23.1 Å². The van der Waals surface area contributed by atoms with E-state index in [1.54, 1.807) is 6.92 Å². The van der Waals surface area contributed by atoms with Gasteiger partial charge in [0.2, 0.25) is 5.91 Å². The summed E-state index contributed by atoms with van der Waals surface area (Å²) < 4.78 is 39.2. The summed E-state index contributed by atoms with van der Waals surface area (Å²) in [6.07, 6.45) is -4.54. The van der Waals surface area contributed by atoms with E-state index >= 15 is 0 Å². The van der Waals surface area contributed by atoms with Gasteiger partial charge in [0, 0.05) is 6.42 Å². The summed E-state index contributed by atoms with van der Waals surface area (Å²) in [6, 6.07) is -0.481. The number of carbonyl (C=O) groups excluding carboxylic acids is 1. The summed E-state index contributed by atoms with van der Waals surface area (Å²) in [5, 5.41) is 2.41. The van der Waals surface area contributed by atoms with Crippen LogP contribution in [0.5, 0.6) is 0 Å². The minimum atomic E-state index is -4.37. The van der Waals surface area contributed by atoms with Gasteiger partial charge in [-0.2, -0.15) is 13.2 Å². The Bertz CT molecular complexity index is 258. The third-order valence-electron chi connectivity index (χ3n) is 1.54. The highest BCUT2D eigenvalue weighted by molar-refractivity contribution is 7.80. The average Bonchev–Trinajstić information content (AvgIpc) is 2.10. The zero-order valence-corrected chi connectivity index (χ0v) is 9.45. The van der Waals surface area contributed by atoms with Crippen LogP contribution in [0.3, 0.4) is 0 Å². The molecule has 0 aliphatic carbocycles. The molecule has 0 heterocycles. The molecule has 0 bridgehead atoms. The van der Waals surface area contributed by atoms with Crippen molar-refractivity contribution in [2.24, 2.45) is 5.73 Å². The standard InChI is InChI=1S/C8H13F3N2O2S/c1-5(7(12)16)13-6(14)2-3-15-4-8(9,10)11/h5H,2-4H2,1H3,(H2,12,16)(H,13,14). The van der Waals surface area contributed by atoms with Gasteiger partial charge >= 0.3 is 6.18 Å². The molecule has 0 aromatic heterocycles. The molecule has 0 radical (unpaired) electrons. The van der Waals surface area contributed by atoms with Crippen molar-refractivity contribution in [2.45, 2.75) is 25.6 Å². The molecule has 0 rings (SSSR count). The molecule has 0 aliphatic rings. The molecule has 4 nitrogen and oxygen atoms in total. The van der Waals surface area contributed by atoms with E-state index in [-0.39, 0.29) is 18.0 Å². The fraction of sp³-hybridized carbons (Fsp3) is 0.750. The molecular formula is C8H13F3N2O2S. The number of hydrogen-bond donors (Lipinski definition) is 2. The molecule has 0 aliphatic heterocycles. The van der Waals surface area contributed by atoms with Crippen LogP contribution in [0.15, 0.2) is 0 Å². The van der Waals surface area contributed by atoms with Gasteiger partial charge in [0.05, 0.1) is 17.6 Å². The van der Waals surface area contributed by atoms with Gasteiger partial charge in [-0.3, -0.25) is 4.79 Å². The first-order valence-corrected chi connectivity index (χ1v) is 4.86. The lowest BCUT2D eigenvalue weighted by Crippen LogP contribution is -2.41. The number of amides is 1. The Morgan fingerprint density at radius 2 is 2.12 bits per heavy atom. The minimum absolute atomic E-state index is 0.115. The zero-order valence-electron chi connectivity index (χ0n) is 8.63. The van der Waals surface area contributed by atoms with E-state index in [0.717, 1.165) is 0 Å². The fourth-order valence-corrected chi connectivity index (χ4v) is 0.796. The van der Waals surface area contributed by atoms with Crippen LogP contribution < -0.4 is 11.1 Å². The third-order valence-corrected chi connectivity index (χ3v) is 1.90. The minimum Gasteiger partial charge on any atom is -0.392 e. The topological polar surface area (TPSA) is 64.3 Å². The summed E-state index contributed by atoms with van der Waals surface area (Å²) in [5.41, 5.74) is 5.23. The highest BCUT2D eigenvalue weighted by Crippen LogP contribution is 2.14. The molecule has 1 unspecified atom stereocenters. The Kier molecular flexibility index (Phi) is 6.27. The van der Waals surface area contributed by atoms with Crippen molar-refractivity contribution < 1.29 is 22.7 Å². The maximum Gasteiger partial charge on any atom is 0.411 e. The smallest absolute Gasteiger partial charge is 0.392 e. The van der Waals surface area contributed by atoms with Crippen LogP contribution in [0.25, 0.3) is 0 Å². The normalized spacial score (nSPS) is 13.2. The van der Waals surface area contributed by atoms with Crippen molar-refractivity contribution in [1.82, 2.24) is 5.32 Å². The van der Waals surface area contributed by atoms with Crippen molar-refractivity contribution in [2.75, 3.05) is 13.2 Å². The molecule has 1 amide bonds. The number of halogens is 3. The van der Waals surface area contributed by atoms with Gasteiger partial charge in [0.25, 0.3) is 0 Å². The Labute approximate surface area is 96.3 Å². The predicted molar refractivity (Wildman–Crippen MR) is 55.9 cm³/mol. The average molecular weight is 258 g/mol. The summed E-state index contributed by atoms with van der Waals surface area (Å²) >= 11 is 4.60. The van der Waals surface area contributed by atoms with E-state index in [2.05, 4.69) is 22.3 Å². The summed E-state index contributed by atoms with van der Waals surface area (Å²) in [4.78, 5) is 11.2. The van der Waals surface area contributed by atoms with Crippen LogP contribution in [-0.2, 0) is 9.53 Å². The molecule has 1 atom stereocenters. The van der Waals surface area contributed by atoms with Crippen molar-refractivity contribution in [3.8, 4) is 0 Å². The van der Waals surface area contributed by atoms with Gasteiger partial charge in [-0.15, -0.1) is 0 Å². The van der Waals surface area contributed by atoms with Crippen LogP contribution in [0.2, 0.25) is 0 Å². The molecule has 16 heavy (non-hydrogen) atoms. The number of nitrogens with one attached hydrogen (secondary N) is 1. The predicted octanol–water partition coefficient (Wildman–Crippen LogP) is 0.746. The Morgan fingerprint density at radius 3 is 2.56 bits per heavy atom. The number of rotatable bonds is 6. The molecule has 0 aromatic rings. The van der Waals surface area contributed by atoms with Gasteiger partial charge in [-0.1, -0.05) is 12.2 Å². The molecule has 0 aromatic carbocycles. The number of hydrogen-bond acceptors (Lipinski definition) is 3. The van der Waals surface area contributed by atoms with E-state index in [4.69, 9.17) is 5.73 Å². The molecule has 0 spiro atoms. The van der Waals surface area contributed by atoms with E-state index in [1.807, 2.05) is 0 Å². The van der Waals surface area contributed by atoms with E-state index in [1.165, 1.54) is 0 Å². The van der Waals surface area contributed by atoms with Crippen LogP contribution in [0.4, 0.5) is 13.2 Å². The number of nitrogens with two attached hydrogens (primary N) is 1. The van der Waals surface area contributed by atoms with Crippen LogP contribution in [0, 0.1) is 0 Å². The highest BCUT2D eigenvalue weighted by atomic mass is 32.1. The molecule has 3 N–H and O–H groups in total. The maximum atomic E-state index is 11.6. The molecule has 0 saturated carbocycles. The van der Waals surface area contributed by atoms with E-state index < -0.39 is 24.7 Å². The van der Waals surface area contributed by atoms with E-state index in [0.29, 0.717) is 0 Å².